The Kier molecular flexibility index (Phi) is 4.20. The predicted octanol–water partition coefficient (Wildman–Crippen LogP) is 2.80. The molecule has 0 radical (unpaired) electrons. The Morgan fingerprint density at radius 3 is 2.60 bits per heavy atom. The smallest absolute Gasteiger partial charge is 0.143 e. The average Bonchev–Trinajstić information content (AvgIpc) is 2.46. The normalized spacial score (nSPS) is 10.2. The standard InChI is InChI=1S/C15H17N3OS/c1-10-8-9-11(14(16)20)15(17-10)18(2)12-6-4-5-7-13(12)19-3/h4-9H,1-3H3,(H2,16,20). The summed E-state index contributed by atoms with van der Waals surface area (Å²) in [6.45, 7) is 1.93. The number of pyridine rings is 1. The van der Waals surface area contributed by atoms with Crippen LogP contribution in [-0.2, 0) is 0 Å². The van der Waals surface area contributed by atoms with Crippen LogP contribution >= 0.6 is 12.2 Å². The lowest BCUT2D eigenvalue weighted by Crippen LogP contribution is -2.20. The summed E-state index contributed by atoms with van der Waals surface area (Å²) in [7, 11) is 3.56. The van der Waals surface area contributed by atoms with Gasteiger partial charge in [-0.15, -0.1) is 0 Å². The lowest BCUT2D eigenvalue weighted by atomic mass is 10.2. The molecule has 2 rings (SSSR count). The average molecular weight is 287 g/mol. The van der Waals surface area contributed by atoms with E-state index in [0.717, 1.165) is 28.5 Å². The molecule has 0 atom stereocenters. The van der Waals surface area contributed by atoms with Crippen LogP contribution in [0.5, 0.6) is 5.75 Å². The van der Waals surface area contributed by atoms with E-state index in [-0.39, 0.29) is 0 Å². The van der Waals surface area contributed by atoms with E-state index in [4.69, 9.17) is 22.7 Å². The number of thiocarbonyl (C=S) groups is 1. The van der Waals surface area contributed by atoms with Crippen LogP contribution in [0.4, 0.5) is 11.5 Å². The van der Waals surface area contributed by atoms with E-state index in [2.05, 4.69) is 4.98 Å². The summed E-state index contributed by atoms with van der Waals surface area (Å²) in [6, 6.07) is 11.5. The first-order valence-corrected chi connectivity index (χ1v) is 6.59. The minimum Gasteiger partial charge on any atom is -0.495 e. The summed E-state index contributed by atoms with van der Waals surface area (Å²) >= 11 is 5.10. The molecule has 5 heteroatoms. The van der Waals surface area contributed by atoms with Crippen LogP contribution in [0, 0.1) is 6.92 Å². The maximum Gasteiger partial charge on any atom is 0.143 e. The lowest BCUT2D eigenvalue weighted by Gasteiger charge is -2.23. The van der Waals surface area contributed by atoms with E-state index in [1.54, 1.807) is 7.11 Å². The van der Waals surface area contributed by atoms with Gasteiger partial charge in [0.2, 0.25) is 0 Å². The van der Waals surface area contributed by atoms with Crippen molar-refractivity contribution in [3.63, 3.8) is 0 Å². The van der Waals surface area contributed by atoms with Gasteiger partial charge in [-0.25, -0.2) is 4.98 Å². The molecular weight excluding hydrogens is 270 g/mol. The zero-order valence-corrected chi connectivity index (χ0v) is 12.6. The van der Waals surface area contributed by atoms with Crippen molar-refractivity contribution in [3.05, 3.63) is 47.7 Å². The Labute approximate surface area is 124 Å². The van der Waals surface area contributed by atoms with Gasteiger partial charge in [0, 0.05) is 12.7 Å². The Balaban J connectivity index is 2.55. The van der Waals surface area contributed by atoms with Crippen LogP contribution in [0.2, 0.25) is 0 Å². The second-order valence-corrected chi connectivity index (χ2v) is 4.86. The van der Waals surface area contributed by atoms with E-state index in [1.165, 1.54) is 0 Å². The molecule has 0 saturated heterocycles. The van der Waals surface area contributed by atoms with E-state index in [0.29, 0.717) is 4.99 Å². The fourth-order valence-corrected chi connectivity index (χ4v) is 2.17. The Morgan fingerprint density at radius 2 is 1.95 bits per heavy atom. The van der Waals surface area contributed by atoms with Gasteiger partial charge < -0.3 is 15.4 Å². The van der Waals surface area contributed by atoms with Gasteiger partial charge in [0.05, 0.1) is 18.4 Å². The van der Waals surface area contributed by atoms with Gasteiger partial charge in [-0.2, -0.15) is 0 Å². The number of nitrogens with two attached hydrogens (primary N) is 1. The highest BCUT2D eigenvalue weighted by atomic mass is 32.1. The minimum atomic E-state index is 0.328. The quantitative estimate of drug-likeness (QED) is 0.876. The molecule has 0 aliphatic heterocycles. The zero-order chi connectivity index (χ0) is 14.7. The molecule has 0 aliphatic rings. The molecule has 1 aromatic carbocycles. The number of ether oxygens (including phenoxy) is 1. The topological polar surface area (TPSA) is 51.4 Å². The Bertz CT molecular complexity index is 643. The molecule has 4 nitrogen and oxygen atoms in total. The molecule has 0 aliphatic carbocycles. The van der Waals surface area contributed by atoms with Gasteiger partial charge in [-0.05, 0) is 31.2 Å². The maximum absolute atomic E-state index is 5.78. The monoisotopic (exact) mass is 287 g/mol. The van der Waals surface area contributed by atoms with Crippen LogP contribution in [-0.4, -0.2) is 24.1 Å². The molecule has 20 heavy (non-hydrogen) atoms. The summed E-state index contributed by atoms with van der Waals surface area (Å²) in [5, 5.41) is 0. The van der Waals surface area contributed by atoms with Crippen LogP contribution < -0.4 is 15.4 Å². The van der Waals surface area contributed by atoms with Gasteiger partial charge in [-0.1, -0.05) is 24.4 Å². The van der Waals surface area contributed by atoms with Crippen molar-refractivity contribution in [1.29, 1.82) is 0 Å². The van der Waals surface area contributed by atoms with E-state index < -0.39 is 0 Å². The first kappa shape index (κ1) is 14.3. The number of aryl methyl sites for hydroxylation is 1. The predicted molar refractivity (Wildman–Crippen MR) is 85.9 cm³/mol. The van der Waals surface area contributed by atoms with Gasteiger partial charge in [0.25, 0.3) is 0 Å². The Hall–Kier alpha value is -2.14. The van der Waals surface area contributed by atoms with E-state index >= 15 is 0 Å². The van der Waals surface area contributed by atoms with Crippen molar-refractivity contribution >= 4 is 28.7 Å². The lowest BCUT2D eigenvalue weighted by molar-refractivity contribution is 0.415. The molecule has 0 unspecified atom stereocenters. The molecular formula is C15H17N3OS. The van der Waals surface area contributed by atoms with Gasteiger partial charge in [0.1, 0.15) is 16.6 Å². The van der Waals surface area contributed by atoms with Crippen molar-refractivity contribution in [3.8, 4) is 5.75 Å². The first-order chi connectivity index (χ1) is 9.54. The summed E-state index contributed by atoms with van der Waals surface area (Å²) in [4.78, 5) is 6.81. The van der Waals surface area contributed by atoms with Crippen molar-refractivity contribution in [1.82, 2.24) is 4.98 Å². The number of rotatable bonds is 4. The molecule has 0 fully saturated rings. The second kappa shape index (κ2) is 5.88. The van der Waals surface area contributed by atoms with Crippen molar-refractivity contribution in [2.45, 2.75) is 6.92 Å². The number of aromatic nitrogens is 1. The number of hydrogen-bond acceptors (Lipinski definition) is 4. The molecule has 0 saturated carbocycles. The highest BCUT2D eigenvalue weighted by molar-refractivity contribution is 7.80. The number of benzene rings is 1. The Morgan fingerprint density at radius 1 is 1.25 bits per heavy atom. The largest absolute Gasteiger partial charge is 0.495 e. The highest BCUT2D eigenvalue weighted by Gasteiger charge is 2.16. The third-order valence-electron chi connectivity index (χ3n) is 3.04. The number of anilines is 2. The number of nitrogens with zero attached hydrogens (tertiary/aromatic N) is 2. The number of para-hydroxylation sites is 2. The summed E-state index contributed by atoms with van der Waals surface area (Å²) in [5.41, 5.74) is 8.35. The van der Waals surface area contributed by atoms with Gasteiger partial charge in [-0.3, -0.25) is 0 Å². The third-order valence-corrected chi connectivity index (χ3v) is 3.26. The maximum atomic E-state index is 5.78. The summed E-state index contributed by atoms with van der Waals surface area (Å²) in [5.74, 6) is 1.49. The third kappa shape index (κ3) is 2.72. The fraction of sp³-hybridized carbons (Fsp3) is 0.200. The van der Waals surface area contributed by atoms with Crippen LogP contribution in [0.25, 0.3) is 0 Å². The summed E-state index contributed by atoms with van der Waals surface area (Å²) < 4.78 is 5.39. The minimum absolute atomic E-state index is 0.328. The molecule has 104 valence electrons. The van der Waals surface area contributed by atoms with Gasteiger partial charge >= 0.3 is 0 Å². The van der Waals surface area contributed by atoms with Crippen molar-refractivity contribution in [2.75, 3.05) is 19.1 Å². The number of methoxy groups -OCH3 is 1. The molecule has 2 aromatic rings. The summed E-state index contributed by atoms with van der Waals surface area (Å²) in [6.07, 6.45) is 0. The van der Waals surface area contributed by atoms with Crippen molar-refractivity contribution in [2.24, 2.45) is 5.73 Å². The van der Waals surface area contributed by atoms with Gasteiger partial charge in [0.15, 0.2) is 0 Å². The van der Waals surface area contributed by atoms with Crippen LogP contribution in [0.1, 0.15) is 11.3 Å². The second-order valence-electron chi connectivity index (χ2n) is 4.42. The molecule has 1 heterocycles. The van der Waals surface area contributed by atoms with Crippen LogP contribution in [0.15, 0.2) is 36.4 Å². The fourth-order valence-electron chi connectivity index (χ4n) is 2.01. The molecule has 2 N–H and O–H groups in total. The molecule has 0 amide bonds. The molecule has 1 aromatic heterocycles. The SMILES string of the molecule is COc1ccccc1N(C)c1nc(C)ccc1C(N)=S. The molecule has 0 spiro atoms. The van der Waals surface area contributed by atoms with E-state index in [9.17, 15) is 0 Å². The zero-order valence-electron chi connectivity index (χ0n) is 11.8. The first-order valence-electron chi connectivity index (χ1n) is 6.18. The van der Waals surface area contributed by atoms with Crippen molar-refractivity contribution < 1.29 is 4.74 Å². The van der Waals surface area contributed by atoms with E-state index in [1.807, 2.05) is 55.3 Å². The van der Waals surface area contributed by atoms with Crippen LogP contribution in [0.3, 0.4) is 0 Å². The molecule has 0 bridgehead atoms. The highest BCUT2D eigenvalue weighted by Crippen LogP contribution is 2.32. The number of hydrogen-bond donors (Lipinski definition) is 1.